The SMILES string of the molecule is C=C1C=C(C(F)(F)F)C(C(=O)Nc2cc(-c3cc(CN4CCOCC4)ccc3F)ccc2N2CCN(C)CC2)=NN1.C=C1C=C(C(F)(F)F)C(C(=O)Nc2cc(-c3cc(CNC4CCCCC4)ccc3F)ccc2N2CCN(C)CC2)=CN1.C=C1C=C(C(F)(F)F)C(C(=O)Nc2cc(-c3ccc(OC4CCOCC4)nc3F)ccc2N2CCN(C)CC2)=CN1. The van der Waals surface area contributed by atoms with E-state index in [-0.39, 0.29) is 46.0 Å². The van der Waals surface area contributed by atoms with E-state index in [2.05, 4.69) is 91.6 Å². The Balaban J connectivity index is 0.000000160. The average Bonchev–Trinajstić information content (AvgIpc) is 0.793. The molecule has 124 heavy (non-hydrogen) atoms. The van der Waals surface area contributed by atoms with Gasteiger partial charge in [-0.25, -0.2) is 8.78 Å². The molecule has 22 nitrogen and oxygen atoms in total. The maximum absolute atomic E-state index is 15.2. The van der Waals surface area contributed by atoms with Crippen LogP contribution in [0.1, 0.15) is 56.1 Å². The third kappa shape index (κ3) is 23.4. The van der Waals surface area contributed by atoms with E-state index in [1.807, 2.05) is 30.9 Å². The second kappa shape index (κ2) is 40.1. The molecular formula is C90H100F12N16O6. The van der Waals surface area contributed by atoms with E-state index in [0.29, 0.717) is 148 Å². The lowest BCUT2D eigenvalue weighted by atomic mass is 9.95. The van der Waals surface area contributed by atoms with Gasteiger partial charge in [0.25, 0.3) is 17.7 Å². The fraction of sp³-hybridized carbons (Fsp3) is 0.389. The molecule has 660 valence electrons. The van der Waals surface area contributed by atoms with E-state index < -0.39 is 87.4 Å². The van der Waals surface area contributed by atoms with Crippen molar-refractivity contribution in [3.63, 3.8) is 0 Å². The Kier molecular flexibility index (Phi) is 29.3. The number of likely N-dealkylation sites (N-methyl/N-ethyl adjacent to an activating group) is 3. The van der Waals surface area contributed by atoms with Crippen LogP contribution >= 0.6 is 0 Å². The third-order valence-corrected chi connectivity index (χ3v) is 22.8. The number of aromatic nitrogens is 1. The van der Waals surface area contributed by atoms with Crippen molar-refractivity contribution in [1.29, 1.82) is 0 Å². The molecule has 1 aromatic heterocycles. The first-order chi connectivity index (χ1) is 59.2. The summed E-state index contributed by atoms with van der Waals surface area (Å²) in [5.74, 6) is -4.38. The second-order valence-corrected chi connectivity index (χ2v) is 31.8. The van der Waals surface area contributed by atoms with Crippen molar-refractivity contribution in [2.75, 3.05) is 170 Å². The Morgan fingerprint density at radius 2 is 0.903 bits per heavy atom. The van der Waals surface area contributed by atoms with Crippen LogP contribution in [0.4, 0.5) is 86.8 Å². The summed E-state index contributed by atoms with van der Waals surface area (Å²) < 4.78 is 186. The van der Waals surface area contributed by atoms with Crippen molar-refractivity contribution >= 4 is 57.6 Å². The molecule has 6 aromatic rings. The van der Waals surface area contributed by atoms with Gasteiger partial charge in [0.05, 0.1) is 88.4 Å². The quantitative estimate of drug-likeness (QED) is 0.0297. The van der Waals surface area contributed by atoms with Crippen molar-refractivity contribution in [2.24, 2.45) is 5.10 Å². The lowest BCUT2D eigenvalue weighted by Crippen LogP contribution is -2.45. The summed E-state index contributed by atoms with van der Waals surface area (Å²) in [5.41, 5.74) is 3.88. The maximum Gasteiger partial charge on any atom is 0.418 e. The number of pyridine rings is 1. The predicted octanol–water partition coefficient (Wildman–Crippen LogP) is 14.7. The summed E-state index contributed by atoms with van der Waals surface area (Å²) in [6, 6.07) is 28.9. The van der Waals surface area contributed by atoms with E-state index in [1.54, 1.807) is 84.9 Å². The van der Waals surface area contributed by atoms with E-state index in [1.165, 1.54) is 37.5 Å². The van der Waals surface area contributed by atoms with Gasteiger partial charge in [-0.15, -0.1) is 0 Å². The number of nitrogens with zero attached hydrogens (tertiary/aromatic N) is 9. The van der Waals surface area contributed by atoms with Gasteiger partial charge in [0.1, 0.15) is 17.7 Å². The summed E-state index contributed by atoms with van der Waals surface area (Å²) >= 11 is 0. The number of piperazine rings is 3. The molecule has 7 N–H and O–H groups in total. The molecule has 5 aromatic carbocycles. The third-order valence-electron chi connectivity index (χ3n) is 22.8. The van der Waals surface area contributed by atoms with Crippen LogP contribution in [0.5, 0.6) is 5.88 Å². The van der Waals surface area contributed by atoms with Gasteiger partial charge in [0.2, 0.25) is 11.8 Å². The summed E-state index contributed by atoms with van der Waals surface area (Å²) in [4.78, 5) is 58.7. The number of anilines is 6. The standard InChI is InChI=1S/C32H37F4N5O.C29H32F4N6O2.C29H31F4N5O3/c1-21-16-27(32(34,35)36)26(20-37-21)31(42)39-29-18-23(9-11-30(29)41-14-12-40(2)13-15-41)25-17-22(8-10-28(25)33)19-38-24-6-4-3-5-7-24;1-19-15-23(29(31,32)33)27(36-35-19)28(40)34-25-17-21(4-6-26(25)39-9-7-37(2)8-10-39)22-16-20(3-5-24(22)30)18-38-11-13-41-14-12-38;1-18-15-23(29(31,32)33)22(17-34-18)28(39)35-24-16-19(3-5-25(24)38-11-9-37(2)10-12-38)21-4-6-26(36-27(21)30)41-20-7-13-40-14-8-20/h8-11,16-18,20,24,37-38H,1,3-7,12-15,19H2,2H3,(H,39,42);3-6,15-17,35H,1,7-14,18H2,2H3,(H,34,40);3-6,15-17,20,34H,1,7-14H2,2H3,(H,35,39). The molecule has 1 saturated carbocycles. The second-order valence-electron chi connectivity index (χ2n) is 31.8. The number of hydrazone groups is 1. The van der Waals surface area contributed by atoms with Crippen LogP contribution in [0.25, 0.3) is 33.4 Å². The van der Waals surface area contributed by atoms with Crippen LogP contribution in [0.2, 0.25) is 0 Å². The van der Waals surface area contributed by atoms with Crippen LogP contribution in [0, 0.1) is 17.6 Å². The minimum atomic E-state index is -4.81. The van der Waals surface area contributed by atoms with Gasteiger partial charge in [-0.2, -0.15) is 54.0 Å². The molecular weight excluding hydrogens is 1630 g/mol. The summed E-state index contributed by atoms with van der Waals surface area (Å²) in [7, 11) is 6.02. The Morgan fingerprint density at radius 1 is 0.476 bits per heavy atom. The average molecular weight is 1730 g/mol. The van der Waals surface area contributed by atoms with Crippen molar-refractivity contribution in [1.82, 2.24) is 46.0 Å². The number of morpholine rings is 1. The van der Waals surface area contributed by atoms with Crippen LogP contribution in [0.3, 0.4) is 0 Å². The molecule has 34 heteroatoms. The molecule has 1 aliphatic carbocycles. The Hall–Kier alpha value is -11.3. The number of allylic oxidation sites excluding steroid dienone is 3. The molecule has 0 radical (unpaired) electrons. The number of nitrogens with one attached hydrogen (secondary N) is 7. The van der Waals surface area contributed by atoms with Gasteiger partial charge in [-0.05, 0) is 147 Å². The Morgan fingerprint density at radius 3 is 1.36 bits per heavy atom. The molecule has 9 aliphatic rings. The van der Waals surface area contributed by atoms with Gasteiger partial charge >= 0.3 is 18.5 Å². The minimum absolute atomic E-state index is 0.0150. The van der Waals surface area contributed by atoms with Gasteiger partial charge in [-0.3, -0.25) is 24.7 Å². The molecule has 5 saturated heterocycles. The molecule has 0 spiro atoms. The zero-order chi connectivity index (χ0) is 88.2. The Bertz CT molecular complexity index is 5140. The minimum Gasteiger partial charge on any atom is -0.474 e. The number of hydrogen-bond acceptors (Lipinski definition) is 19. The molecule has 0 unspecified atom stereocenters. The molecule has 3 amide bonds. The number of alkyl halides is 9. The smallest absolute Gasteiger partial charge is 0.418 e. The first kappa shape index (κ1) is 90.5. The number of carbonyl (C=O) groups is 3. The lowest BCUT2D eigenvalue weighted by molar-refractivity contribution is -0.115. The molecule has 0 bridgehead atoms. The molecule has 9 heterocycles. The van der Waals surface area contributed by atoms with Crippen LogP contribution in [-0.2, 0) is 36.9 Å². The van der Waals surface area contributed by atoms with Gasteiger partial charge in [0, 0.05) is 176 Å². The molecule has 15 rings (SSSR count). The lowest BCUT2D eigenvalue weighted by Gasteiger charge is -2.35. The molecule has 8 aliphatic heterocycles. The van der Waals surface area contributed by atoms with E-state index in [9.17, 15) is 53.9 Å². The summed E-state index contributed by atoms with van der Waals surface area (Å²) in [6.07, 6.45) is -2.75. The largest absolute Gasteiger partial charge is 0.474 e. The van der Waals surface area contributed by atoms with Crippen molar-refractivity contribution in [3.05, 3.63) is 227 Å². The van der Waals surface area contributed by atoms with Gasteiger partial charge in [-0.1, -0.05) is 69.3 Å². The van der Waals surface area contributed by atoms with E-state index in [4.69, 9.17) is 14.2 Å². The normalized spacial score (nSPS) is 18.9. The van der Waals surface area contributed by atoms with Crippen molar-refractivity contribution in [2.45, 2.75) is 88.7 Å². The molecule has 6 fully saturated rings. The summed E-state index contributed by atoms with van der Waals surface area (Å²) in [6.45, 7) is 24.3. The topological polar surface area (TPSA) is 211 Å². The number of dihydropyridines is 2. The highest BCUT2D eigenvalue weighted by Gasteiger charge is 2.44. The number of amides is 3. The number of carbonyl (C=O) groups excluding carboxylic acids is 3. The van der Waals surface area contributed by atoms with Crippen LogP contribution in [0.15, 0.2) is 204 Å². The summed E-state index contributed by atoms with van der Waals surface area (Å²) in [5, 5.41) is 20.4. The number of rotatable bonds is 19. The highest BCUT2D eigenvalue weighted by Crippen LogP contribution is 2.42. The van der Waals surface area contributed by atoms with Crippen molar-refractivity contribution in [3.8, 4) is 39.3 Å². The highest BCUT2D eigenvalue weighted by molar-refractivity contribution is 6.49. The number of ether oxygens (including phenoxy) is 3. The predicted molar refractivity (Wildman–Crippen MR) is 455 cm³/mol. The molecule has 0 atom stereocenters. The number of hydrogen-bond donors (Lipinski definition) is 7. The highest BCUT2D eigenvalue weighted by atomic mass is 19.4. The first-order valence-electron chi connectivity index (χ1n) is 41.2. The fourth-order valence-corrected chi connectivity index (χ4v) is 15.8. The zero-order valence-corrected chi connectivity index (χ0v) is 69.1. The van der Waals surface area contributed by atoms with Crippen LogP contribution in [-0.4, -0.2) is 218 Å². The van der Waals surface area contributed by atoms with Crippen molar-refractivity contribution < 1.29 is 81.3 Å². The Labute approximate surface area is 711 Å². The van der Waals surface area contributed by atoms with E-state index in [0.717, 1.165) is 107 Å². The van der Waals surface area contributed by atoms with E-state index >= 15 is 13.2 Å². The first-order valence-corrected chi connectivity index (χ1v) is 41.2. The van der Waals surface area contributed by atoms with Crippen LogP contribution < -0.4 is 56.8 Å². The fourth-order valence-electron chi connectivity index (χ4n) is 15.8. The number of benzene rings is 5. The van der Waals surface area contributed by atoms with Gasteiger partial charge in [0.15, 0.2) is 5.71 Å². The number of halogens is 12. The monoisotopic (exact) mass is 1730 g/mol. The van der Waals surface area contributed by atoms with Gasteiger partial charge < -0.3 is 75.5 Å². The maximum atomic E-state index is 15.2. The zero-order valence-electron chi connectivity index (χ0n) is 69.1.